The summed E-state index contributed by atoms with van der Waals surface area (Å²) in [5.74, 6) is -0.187. The van der Waals surface area contributed by atoms with Gasteiger partial charge in [0, 0.05) is 6.42 Å². The second-order valence-corrected chi connectivity index (χ2v) is 26.8. The van der Waals surface area contributed by atoms with Crippen LogP contribution in [0.4, 0.5) is 0 Å². The van der Waals surface area contributed by atoms with Crippen molar-refractivity contribution in [2.24, 2.45) is 0 Å². The van der Waals surface area contributed by atoms with Crippen molar-refractivity contribution in [3.63, 3.8) is 0 Å². The van der Waals surface area contributed by atoms with Gasteiger partial charge in [-0.2, -0.15) is 0 Å². The van der Waals surface area contributed by atoms with Crippen LogP contribution in [0.2, 0.25) is 0 Å². The summed E-state index contributed by atoms with van der Waals surface area (Å²) in [7, 11) is 0. The Morgan fingerprint density at radius 1 is 0.385 bits per heavy atom. The van der Waals surface area contributed by atoms with Crippen molar-refractivity contribution in [2.75, 3.05) is 13.2 Å². The standard InChI is InChI=1S/C82H147NO8/c1-3-5-7-9-11-13-15-17-19-21-23-25-27-29-31-33-35-36-37-38-39-40-42-44-46-48-50-52-54-56-58-60-62-64-66-68-70-72-78(86)83-75(74-90-82-81(89)80(88)79(87)77(73-84)91-82)76(85)71-69-67-65-63-61-59-57-55-53-51-49-47-45-43-41-34-32-30-28-26-24-22-20-18-16-14-12-10-8-6-4-2/h5,7,11,13,17,19,23,25,29,31,53,55,61,63,69,71,75-77,79-82,84-85,87-89H,3-4,6,8-10,12,14-16,18,20-22,24,26-28,30,32-52,54,56-60,62,64-68,70,72-74H2,1-2H3,(H,83,86)/b7-5-,13-11-,19-17-,25-23-,31-29-,55-53+,63-61+,71-69+. The fourth-order valence-corrected chi connectivity index (χ4v) is 12.1. The number of unbranched alkanes of at least 4 members (excludes halogenated alkanes) is 44. The number of hydrogen-bond acceptors (Lipinski definition) is 8. The smallest absolute Gasteiger partial charge is 0.220 e. The van der Waals surface area contributed by atoms with Crippen LogP contribution in [0.25, 0.3) is 0 Å². The molecule has 1 amide bonds. The van der Waals surface area contributed by atoms with Gasteiger partial charge in [-0.05, 0) is 89.9 Å². The number of nitrogens with one attached hydrogen (secondary N) is 1. The molecule has 0 aromatic rings. The van der Waals surface area contributed by atoms with Gasteiger partial charge in [0.05, 0.1) is 25.4 Å². The van der Waals surface area contributed by atoms with E-state index in [1.54, 1.807) is 6.08 Å². The van der Waals surface area contributed by atoms with Crippen molar-refractivity contribution in [3.8, 4) is 0 Å². The summed E-state index contributed by atoms with van der Waals surface area (Å²) in [4.78, 5) is 13.2. The average Bonchev–Trinajstić information content (AvgIpc) is 1.70. The number of aliphatic hydroxyl groups is 5. The number of rotatable bonds is 68. The zero-order valence-electron chi connectivity index (χ0n) is 59.3. The molecule has 1 aliphatic rings. The number of aliphatic hydroxyl groups excluding tert-OH is 5. The Bertz CT molecular complexity index is 1770. The number of carbonyl (C=O) groups is 1. The summed E-state index contributed by atoms with van der Waals surface area (Å²) in [6, 6.07) is -0.834. The highest BCUT2D eigenvalue weighted by Gasteiger charge is 2.44. The molecule has 6 N–H and O–H groups in total. The molecule has 1 saturated heterocycles. The normalized spacial score (nSPS) is 18.3. The highest BCUT2D eigenvalue weighted by Crippen LogP contribution is 2.23. The monoisotopic (exact) mass is 1270 g/mol. The Morgan fingerprint density at radius 2 is 0.692 bits per heavy atom. The van der Waals surface area contributed by atoms with Gasteiger partial charge in [-0.25, -0.2) is 0 Å². The lowest BCUT2D eigenvalue weighted by Crippen LogP contribution is -2.60. The molecule has 0 bridgehead atoms. The quantitative estimate of drug-likeness (QED) is 0.0261. The van der Waals surface area contributed by atoms with E-state index in [0.717, 1.165) is 77.0 Å². The Hall–Kier alpha value is -2.89. The number of hydrogen-bond donors (Lipinski definition) is 6. The zero-order chi connectivity index (χ0) is 65.7. The summed E-state index contributed by atoms with van der Waals surface area (Å²) in [6.45, 7) is 3.69. The third-order valence-corrected chi connectivity index (χ3v) is 18.1. The summed E-state index contributed by atoms with van der Waals surface area (Å²) in [5, 5.41) is 54.8. The largest absolute Gasteiger partial charge is 0.394 e. The molecule has 7 atom stereocenters. The minimum Gasteiger partial charge on any atom is -0.394 e. The maximum absolute atomic E-state index is 13.2. The minimum absolute atomic E-state index is 0.187. The molecule has 0 aliphatic carbocycles. The molecule has 0 spiro atoms. The van der Waals surface area contributed by atoms with Crippen LogP contribution in [0.1, 0.15) is 361 Å². The summed E-state index contributed by atoms with van der Waals surface area (Å²) >= 11 is 0. The summed E-state index contributed by atoms with van der Waals surface area (Å²) in [6.07, 6.45) is 95.5. The van der Waals surface area contributed by atoms with Crippen LogP contribution in [0.5, 0.6) is 0 Å². The lowest BCUT2D eigenvalue weighted by molar-refractivity contribution is -0.302. The van der Waals surface area contributed by atoms with Crippen molar-refractivity contribution < 1.29 is 39.8 Å². The molecule has 1 fully saturated rings. The maximum atomic E-state index is 13.2. The molecule has 9 nitrogen and oxygen atoms in total. The molecule has 528 valence electrons. The molecular weight excluding hydrogens is 1130 g/mol. The van der Waals surface area contributed by atoms with Gasteiger partial charge in [0.25, 0.3) is 0 Å². The number of allylic oxidation sites excluding steroid dienone is 15. The second kappa shape index (κ2) is 69.9. The Morgan fingerprint density at radius 3 is 1.05 bits per heavy atom. The fraction of sp³-hybridized carbons (Fsp3) is 0.793. The first-order valence-corrected chi connectivity index (χ1v) is 39.0. The van der Waals surface area contributed by atoms with E-state index in [0.29, 0.717) is 6.42 Å². The van der Waals surface area contributed by atoms with Crippen LogP contribution in [-0.4, -0.2) is 87.5 Å². The molecular formula is C82H147NO8. The van der Waals surface area contributed by atoms with E-state index < -0.39 is 49.5 Å². The van der Waals surface area contributed by atoms with Gasteiger partial charge >= 0.3 is 0 Å². The van der Waals surface area contributed by atoms with Gasteiger partial charge in [0.15, 0.2) is 6.29 Å². The molecule has 0 aromatic heterocycles. The second-order valence-electron chi connectivity index (χ2n) is 26.8. The van der Waals surface area contributed by atoms with Crippen LogP contribution in [-0.2, 0) is 14.3 Å². The van der Waals surface area contributed by atoms with E-state index in [9.17, 15) is 30.3 Å². The van der Waals surface area contributed by atoms with E-state index in [1.165, 1.54) is 263 Å². The highest BCUT2D eigenvalue weighted by molar-refractivity contribution is 5.76. The molecule has 1 heterocycles. The highest BCUT2D eigenvalue weighted by atomic mass is 16.7. The summed E-state index contributed by atoms with van der Waals surface area (Å²) in [5.41, 5.74) is 0. The zero-order valence-corrected chi connectivity index (χ0v) is 59.3. The van der Waals surface area contributed by atoms with Crippen molar-refractivity contribution in [1.82, 2.24) is 5.32 Å². The van der Waals surface area contributed by atoms with Gasteiger partial charge in [-0.1, -0.05) is 361 Å². The Labute approximate surface area is 562 Å². The van der Waals surface area contributed by atoms with Crippen LogP contribution in [0.15, 0.2) is 97.2 Å². The van der Waals surface area contributed by atoms with E-state index in [2.05, 4.69) is 104 Å². The van der Waals surface area contributed by atoms with E-state index in [4.69, 9.17) is 9.47 Å². The van der Waals surface area contributed by atoms with E-state index >= 15 is 0 Å². The van der Waals surface area contributed by atoms with Crippen LogP contribution >= 0.6 is 0 Å². The lowest BCUT2D eigenvalue weighted by atomic mass is 9.99. The molecule has 0 aromatic carbocycles. The van der Waals surface area contributed by atoms with Gasteiger partial charge in [-0.3, -0.25) is 4.79 Å². The molecule has 7 unspecified atom stereocenters. The Kier molecular flexibility index (Phi) is 66.2. The van der Waals surface area contributed by atoms with Crippen molar-refractivity contribution in [3.05, 3.63) is 97.2 Å². The van der Waals surface area contributed by atoms with Gasteiger partial charge < -0.3 is 40.3 Å². The van der Waals surface area contributed by atoms with E-state index in [1.807, 2.05) is 6.08 Å². The lowest BCUT2D eigenvalue weighted by Gasteiger charge is -2.40. The number of ether oxygens (including phenoxy) is 2. The molecule has 0 radical (unpaired) electrons. The van der Waals surface area contributed by atoms with Crippen LogP contribution < -0.4 is 5.32 Å². The summed E-state index contributed by atoms with van der Waals surface area (Å²) < 4.78 is 11.3. The SMILES string of the molecule is CC/C=C\C/C=C\C/C=C\C/C=C\C/C=C\CCCCCCCCCCCCCCCCCCCCCCCC(=O)NC(COC1OC(CO)C(O)C(O)C1O)C(O)/C=C/CC/C=C/CC/C=C/CCCCCCCCCCCCCCCCCCCCCCC. The van der Waals surface area contributed by atoms with Crippen molar-refractivity contribution in [1.29, 1.82) is 0 Å². The van der Waals surface area contributed by atoms with Gasteiger partial charge in [-0.15, -0.1) is 0 Å². The molecule has 0 saturated carbocycles. The first-order valence-electron chi connectivity index (χ1n) is 39.0. The topological polar surface area (TPSA) is 149 Å². The van der Waals surface area contributed by atoms with E-state index in [-0.39, 0.29) is 12.5 Å². The number of carbonyl (C=O) groups excluding carboxylic acids is 1. The van der Waals surface area contributed by atoms with Crippen LogP contribution in [0, 0.1) is 0 Å². The minimum atomic E-state index is -1.58. The van der Waals surface area contributed by atoms with Gasteiger partial charge in [0.2, 0.25) is 5.91 Å². The van der Waals surface area contributed by atoms with Gasteiger partial charge in [0.1, 0.15) is 24.4 Å². The fourth-order valence-electron chi connectivity index (χ4n) is 12.1. The predicted molar refractivity (Wildman–Crippen MR) is 391 cm³/mol. The average molecular weight is 1280 g/mol. The van der Waals surface area contributed by atoms with Crippen molar-refractivity contribution in [2.45, 2.75) is 403 Å². The molecule has 1 rings (SSSR count). The molecule has 91 heavy (non-hydrogen) atoms. The van der Waals surface area contributed by atoms with Crippen LogP contribution in [0.3, 0.4) is 0 Å². The molecule has 1 aliphatic heterocycles. The number of amides is 1. The predicted octanol–water partition coefficient (Wildman–Crippen LogP) is 22.2. The first-order chi connectivity index (χ1) is 44.8. The third-order valence-electron chi connectivity index (χ3n) is 18.1. The first kappa shape index (κ1) is 86.1. The van der Waals surface area contributed by atoms with Crippen molar-refractivity contribution >= 4 is 5.91 Å². The maximum Gasteiger partial charge on any atom is 0.220 e. The Balaban J connectivity index is 2.11. The third kappa shape index (κ3) is 58.2. The molecule has 9 heteroatoms.